The molecule has 0 bridgehead atoms. The van der Waals surface area contributed by atoms with Gasteiger partial charge in [0, 0.05) is 13.6 Å². The summed E-state index contributed by atoms with van der Waals surface area (Å²) in [6, 6.07) is 18.3. The number of nitrogens with zero attached hydrogens (tertiary/aromatic N) is 1. The molecule has 2 heteroatoms. The van der Waals surface area contributed by atoms with Gasteiger partial charge >= 0.3 is 0 Å². The van der Waals surface area contributed by atoms with E-state index in [2.05, 4.69) is 29.2 Å². The Labute approximate surface area is 101 Å². The van der Waals surface area contributed by atoms with Crippen LogP contribution in [0, 0.1) is 0 Å². The van der Waals surface area contributed by atoms with Gasteiger partial charge < -0.3 is 4.90 Å². The SMILES string of the molecule is CN(Cc1ccccc1)c1ccccc1Cl. The minimum Gasteiger partial charge on any atom is -0.369 e. The van der Waals surface area contributed by atoms with Crippen LogP contribution in [0.15, 0.2) is 54.6 Å². The number of hydrogen-bond acceptors (Lipinski definition) is 1. The first-order valence-electron chi connectivity index (χ1n) is 5.27. The number of benzene rings is 2. The lowest BCUT2D eigenvalue weighted by Gasteiger charge is -2.20. The number of rotatable bonds is 3. The van der Waals surface area contributed by atoms with Crippen molar-refractivity contribution in [3.8, 4) is 0 Å². The van der Waals surface area contributed by atoms with Crippen molar-refractivity contribution in [2.45, 2.75) is 6.54 Å². The molecule has 16 heavy (non-hydrogen) atoms. The summed E-state index contributed by atoms with van der Waals surface area (Å²) < 4.78 is 0. The van der Waals surface area contributed by atoms with Gasteiger partial charge in [0.05, 0.1) is 10.7 Å². The van der Waals surface area contributed by atoms with Gasteiger partial charge in [-0.1, -0.05) is 54.1 Å². The Morgan fingerprint density at radius 3 is 2.25 bits per heavy atom. The number of halogens is 1. The molecule has 0 N–H and O–H groups in total. The van der Waals surface area contributed by atoms with Crippen LogP contribution in [-0.2, 0) is 6.54 Å². The molecule has 0 unspecified atom stereocenters. The molecule has 0 radical (unpaired) electrons. The Bertz CT molecular complexity index is 453. The summed E-state index contributed by atoms with van der Waals surface area (Å²) in [6.45, 7) is 0.866. The molecule has 0 fully saturated rings. The first kappa shape index (κ1) is 11.0. The molecule has 1 nitrogen and oxygen atoms in total. The smallest absolute Gasteiger partial charge is 0.0639 e. The van der Waals surface area contributed by atoms with E-state index < -0.39 is 0 Å². The fourth-order valence-electron chi connectivity index (χ4n) is 1.70. The van der Waals surface area contributed by atoms with Gasteiger partial charge in [-0.2, -0.15) is 0 Å². The Hall–Kier alpha value is -1.47. The first-order valence-corrected chi connectivity index (χ1v) is 5.65. The van der Waals surface area contributed by atoms with Gasteiger partial charge in [-0.3, -0.25) is 0 Å². The summed E-state index contributed by atoms with van der Waals surface area (Å²) >= 11 is 6.14. The molecule has 0 aliphatic rings. The lowest BCUT2D eigenvalue weighted by atomic mass is 10.2. The fraction of sp³-hybridized carbons (Fsp3) is 0.143. The summed E-state index contributed by atoms with van der Waals surface area (Å²) in [5.41, 5.74) is 2.35. The molecule has 2 rings (SSSR count). The van der Waals surface area contributed by atoms with Crippen LogP contribution >= 0.6 is 11.6 Å². The standard InChI is InChI=1S/C14H14ClN/c1-16(11-12-7-3-2-4-8-12)14-10-6-5-9-13(14)15/h2-10H,11H2,1H3. The van der Waals surface area contributed by atoms with Crippen LogP contribution in [0.4, 0.5) is 5.69 Å². The Balaban J connectivity index is 2.15. The molecular weight excluding hydrogens is 218 g/mol. The normalized spacial score (nSPS) is 10.1. The van der Waals surface area contributed by atoms with Crippen LogP contribution in [-0.4, -0.2) is 7.05 Å². The maximum Gasteiger partial charge on any atom is 0.0639 e. The summed E-state index contributed by atoms with van der Waals surface area (Å²) in [7, 11) is 2.05. The lowest BCUT2D eigenvalue weighted by molar-refractivity contribution is 0.923. The van der Waals surface area contributed by atoms with Gasteiger partial charge in [-0.05, 0) is 17.7 Å². The van der Waals surface area contributed by atoms with Crippen molar-refractivity contribution in [1.29, 1.82) is 0 Å². The van der Waals surface area contributed by atoms with Crippen molar-refractivity contribution < 1.29 is 0 Å². The summed E-state index contributed by atoms with van der Waals surface area (Å²) in [6.07, 6.45) is 0. The molecule has 0 spiro atoms. The molecule has 0 heterocycles. The van der Waals surface area contributed by atoms with Crippen LogP contribution in [0.1, 0.15) is 5.56 Å². The van der Waals surface area contributed by atoms with Crippen LogP contribution < -0.4 is 4.90 Å². The van der Waals surface area contributed by atoms with Crippen molar-refractivity contribution in [3.63, 3.8) is 0 Å². The molecule has 0 atom stereocenters. The quantitative estimate of drug-likeness (QED) is 0.773. The van der Waals surface area contributed by atoms with Gasteiger partial charge in [0.2, 0.25) is 0 Å². The van der Waals surface area contributed by atoms with Gasteiger partial charge in [-0.15, -0.1) is 0 Å². The lowest BCUT2D eigenvalue weighted by Crippen LogP contribution is -2.16. The molecule has 2 aromatic carbocycles. The van der Waals surface area contributed by atoms with E-state index in [1.54, 1.807) is 0 Å². The third kappa shape index (κ3) is 2.56. The van der Waals surface area contributed by atoms with E-state index >= 15 is 0 Å². The highest BCUT2D eigenvalue weighted by molar-refractivity contribution is 6.33. The summed E-state index contributed by atoms with van der Waals surface area (Å²) in [5.74, 6) is 0. The van der Waals surface area contributed by atoms with Crippen molar-refractivity contribution in [1.82, 2.24) is 0 Å². The maximum atomic E-state index is 6.14. The third-order valence-corrected chi connectivity index (χ3v) is 2.85. The van der Waals surface area contributed by atoms with E-state index in [1.807, 2.05) is 37.4 Å². The fourth-order valence-corrected chi connectivity index (χ4v) is 1.98. The van der Waals surface area contributed by atoms with Gasteiger partial charge in [0.25, 0.3) is 0 Å². The van der Waals surface area contributed by atoms with Crippen molar-refractivity contribution >= 4 is 17.3 Å². The molecule has 0 amide bonds. The minimum absolute atomic E-state index is 0.793. The summed E-state index contributed by atoms with van der Waals surface area (Å²) in [5, 5.41) is 0.793. The highest BCUT2D eigenvalue weighted by Crippen LogP contribution is 2.25. The highest BCUT2D eigenvalue weighted by Gasteiger charge is 2.04. The average Bonchev–Trinajstić information content (AvgIpc) is 2.31. The molecule has 0 aliphatic carbocycles. The maximum absolute atomic E-state index is 6.14. The number of anilines is 1. The monoisotopic (exact) mass is 231 g/mol. The zero-order valence-electron chi connectivity index (χ0n) is 9.23. The van der Waals surface area contributed by atoms with Crippen LogP contribution in [0.25, 0.3) is 0 Å². The topological polar surface area (TPSA) is 3.24 Å². The van der Waals surface area contributed by atoms with Crippen LogP contribution in [0.2, 0.25) is 5.02 Å². The van der Waals surface area contributed by atoms with E-state index in [0.29, 0.717) is 0 Å². The zero-order valence-corrected chi connectivity index (χ0v) is 9.98. The molecule has 0 saturated carbocycles. The Kier molecular flexibility index (Phi) is 3.47. The summed E-state index contributed by atoms with van der Waals surface area (Å²) in [4.78, 5) is 2.15. The van der Waals surface area contributed by atoms with Crippen LogP contribution in [0.3, 0.4) is 0 Å². The average molecular weight is 232 g/mol. The van der Waals surface area contributed by atoms with Crippen LogP contribution in [0.5, 0.6) is 0 Å². The second-order valence-corrected chi connectivity index (χ2v) is 4.20. The van der Waals surface area contributed by atoms with Crippen molar-refractivity contribution in [3.05, 3.63) is 65.2 Å². The van der Waals surface area contributed by atoms with E-state index in [-0.39, 0.29) is 0 Å². The zero-order chi connectivity index (χ0) is 11.4. The van der Waals surface area contributed by atoms with Crippen molar-refractivity contribution in [2.75, 3.05) is 11.9 Å². The Morgan fingerprint density at radius 2 is 1.56 bits per heavy atom. The number of hydrogen-bond donors (Lipinski definition) is 0. The third-order valence-electron chi connectivity index (χ3n) is 2.53. The van der Waals surface area contributed by atoms with Crippen molar-refractivity contribution in [2.24, 2.45) is 0 Å². The highest BCUT2D eigenvalue weighted by atomic mass is 35.5. The second kappa shape index (κ2) is 5.04. The predicted octanol–water partition coefficient (Wildman–Crippen LogP) is 3.98. The largest absolute Gasteiger partial charge is 0.369 e. The van der Waals surface area contributed by atoms with E-state index in [0.717, 1.165) is 17.3 Å². The van der Waals surface area contributed by atoms with E-state index in [9.17, 15) is 0 Å². The first-order chi connectivity index (χ1) is 7.77. The molecule has 2 aromatic rings. The predicted molar refractivity (Wildman–Crippen MR) is 70.0 cm³/mol. The molecule has 0 aromatic heterocycles. The molecule has 0 aliphatic heterocycles. The number of para-hydroxylation sites is 1. The van der Waals surface area contributed by atoms with Gasteiger partial charge in [0.15, 0.2) is 0 Å². The molecule has 82 valence electrons. The van der Waals surface area contributed by atoms with Gasteiger partial charge in [-0.25, -0.2) is 0 Å². The molecule has 0 saturated heterocycles. The van der Waals surface area contributed by atoms with E-state index in [1.165, 1.54) is 5.56 Å². The van der Waals surface area contributed by atoms with E-state index in [4.69, 9.17) is 11.6 Å². The second-order valence-electron chi connectivity index (χ2n) is 3.79. The van der Waals surface area contributed by atoms with Gasteiger partial charge in [0.1, 0.15) is 0 Å². The minimum atomic E-state index is 0.793. The molecular formula is C14H14ClN. The Morgan fingerprint density at radius 1 is 0.938 bits per heavy atom.